The number of rotatable bonds is 5. The highest BCUT2D eigenvalue weighted by Crippen LogP contribution is 2.45. The van der Waals surface area contributed by atoms with Gasteiger partial charge in [-0.2, -0.15) is 0 Å². The number of hydrogen-bond acceptors (Lipinski definition) is 3. The van der Waals surface area contributed by atoms with E-state index in [2.05, 4.69) is 16.9 Å². The second kappa shape index (κ2) is 4.29. The van der Waals surface area contributed by atoms with Crippen LogP contribution in [0, 0.1) is 5.41 Å². The maximum atomic E-state index is 9.23. The van der Waals surface area contributed by atoms with Crippen LogP contribution in [0.3, 0.4) is 0 Å². The van der Waals surface area contributed by atoms with Gasteiger partial charge >= 0.3 is 0 Å². The second-order valence-corrected chi connectivity index (χ2v) is 4.69. The third kappa shape index (κ3) is 2.76. The van der Waals surface area contributed by atoms with E-state index in [-0.39, 0.29) is 5.41 Å². The van der Waals surface area contributed by atoms with E-state index in [1.807, 2.05) is 24.5 Å². The molecule has 1 aromatic rings. The first kappa shape index (κ1) is 10.6. The molecular formula is C12H18N2O. The molecule has 1 heterocycles. The van der Waals surface area contributed by atoms with E-state index in [4.69, 9.17) is 0 Å². The molecule has 0 atom stereocenters. The predicted molar refractivity (Wildman–Crippen MR) is 59.3 cm³/mol. The molecule has 2 rings (SSSR count). The van der Waals surface area contributed by atoms with Gasteiger partial charge in [0.15, 0.2) is 0 Å². The van der Waals surface area contributed by atoms with Gasteiger partial charge in [-0.3, -0.25) is 4.98 Å². The summed E-state index contributed by atoms with van der Waals surface area (Å²) in [6, 6.07) is 4.07. The molecule has 1 aromatic heterocycles. The third-order valence-electron chi connectivity index (χ3n) is 3.10. The van der Waals surface area contributed by atoms with Crippen LogP contribution >= 0.6 is 0 Å². The van der Waals surface area contributed by atoms with Crippen LogP contribution in [0.5, 0.6) is 0 Å². The molecule has 0 aliphatic heterocycles. The minimum atomic E-state index is 0.210. The first-order valence-electron chi connectivity index (χ1n) is 5.42. The van der Waals surface area contributed by atoms with E-state index < -0.39 is 0 Å². The fourth-order valence-corrected chi connectivity index (χ4v) is 1.97. The number of hydrogen-bond donors (Lipinski definition) is 1. The summed E-state index contributed by atoms with van der Waals surface area (Å²) in [5.74, 6) is 0. The van der Waals surface area contributed by atoms with Gasteiger partial charge in [-0.05, 0) is 37.6 Å². The Morgan fingerprint density at radius 2 is 2.07 bits per heavy atom. The average molecular weight is 206 g/mol. The number of pyridine rings is 1. The molecule has 15 heavy (non-hydrogen) atoms. The highest BCUT2D eigenvalue weighted by Gasteiger charge is 2.42. The van der Waals surface area contributed by atoms with Crippen LogP contribution in [0.2, 0.25) is 0 Å². The summed E-state index contributed by atoms with van der Waals surface area (Å²) in [5, 5.41) is 9.23. The van der Waals surface area contributed by atoms with E-state index in [0.29, 0.717) is 6.61 Å². The second-order valence-electron chi connectivity index (χ2n) is 4.69. The molecule has 0 bridgehead atoms. The molecule has 1 N–H and O–H groups in total. The summed E-state index contributed by atoms with van der Waals surface area (Å²) in [6.45, 7) is 2.25. The van der Waals surface area contributed by atoms with Crippen molar-refractivity contribution in [1.29, 1.82) is 0 Å². The van der Waals surface area contributed by atoms with Gasteiger partial charge in [0.2, 0.25) is 0 Å². The molecule has 0 aromatic carbocycles. The Balaban J connectivity index is 1.85. The molecule has 1 aliphatic rings. The molecule has 0 unspecified atom stereocenters. The lowest BCUT2D eigenvalue weighted by atomic mass is 10.1. The SMILES string of the molecule is CN(Cc1ccncc1)CC1(CO)CC1. The Morgan fingerprint density at radius 1 is 1.40 bits per heavy atom. The Morgan fingerprint density at radius 3 is 2.60 bits per heavy atom. The smallest absolute Gasteiger partial charge is 0.0499 e. The standard InChI is InChI=1S/C12H18N2O/c1-14(9-12(10-15)4-5-12)8-11-2-6-13-7-3-11/h2-3,6-7,15H,4-5,8-10H2,1H3. The van der Waals surface area contributed by atoms with Crippen molar-refractivity contribution in [3.05, 3.63) is 30.1 Å². The summed E-state index contributed by atoms with van der Waals surface area (Å²) < 4.78 is 0. The maximum Gasteiger partial charge on any atom is 0.0499 e. The Bertz CT molecular complexity index is 309. The lowest BCUT2D eigenvalue weighted by Crippen LogP contribution is -2.28. The van der Waals surface area contributed by atoms with E-state index in [1.54, 1.807) is 0 Å². The zero-order valence-corrected chi connectivity index (χ0v) is 9.19. The minimum Gasteiger partial charge on any atom is -0.396 e. The molecule has 0 radical (unpaired) electrons. The summed E-state index contributed by atoms with van der Waals surface area (Å²) >= 11 is 0. The van der Waals surface area contributed by atoms with E-state index >= 15 is 0 Å². The summed E-state index contributed by atoms with van der Waals surface area (Å²) in [6.07, 6.45) is 5.98. The van der Waals surface area contributed by atoms with Gasteiger partial charge in [0.05, 0.1) is 0 Å². The van der Waals surface area contributed by atoms with Crippen LogP contribution in [-0.2, 0) is 6.54 Å². The van der Waals surface area contributed by atoms with Crippen LogP contribution in [0.15, 0.2) is 24.5 Å². The van der Waals surface area contributed by atoms with Gasteiger partial charge < -0.3 is 10.0 Å². The largest absolute Gasteiger partial charge is 0.396 e. The fourth-order valence-electron chi connectivity index (χ4n) is 1.97. The normalized spacial score (nSPS) is 18.1. The van der Waals surface area contributed by atoms with Crippen molar-refractivity contribution >= 4 is 0 Å². The predicted octanol–water partition coefficient (Wildman–Crippen LogP) is 1.29. The zero-order chi connectivity index (χ0) is 10.7. The molecule has 1 aliphatic carbocycles. The van der Waals surface area contributed by atoms with E-state index in [9.17, 15) is 5.11 Å². The van der Waals surface area contributed by atoms with Crippen LogP contribution < -0.4 is 0 Å². The van der Waals surface area contributed by atoms with E-state index in [1.165, 1.54) is 18.4 Å². The summed E-state index contributed by atoms with van der Waals surface area (Å²) in [7, 11) is 2.11. The monoisotopic (exact) mass is 206 g/mol. The fraction of sp³-hybridized carbons (Fsp3) is 0.583. The molecule has 3 heteroatoms. The molecule has 82 valence electrons. The molecule has 1 saturated carbocycles. The summed E-state index contributed by atoms with van der Waals surface area (Å²) in [5.41, 5.74) is 1.49. The van der Waals surface area contributed by atoms with Crippen molar-refractivity contribution in [2.24, 2.45) is 5.41 Å². The lowest BCUT2D eigenvalue weighted by molar-refractivity contribution is 0.161. The quantitative estimate of drug-likeness (QED) is 0.788. The van der Waals surface area contributed by atoms with Gasteiger partial charge in [-0.1, -0.05) is 0 Å². The third-order valence-corrected chi connectivity index (χ3v) is 3.10. The lowest BCUT2D eigenvalue weighted by Gasteiger charge is -2.22. The van der Waals surface area contributed by atoms with Crippen LogP contribution in [0.1, 0.15) is 18.4 Å². The zero-order valence-electron chi connectivity index (χ0n) is 9.19. The Kier molecular flexibility index (Phi) is 3.03. The van der Waals surface area contributed by atoms with Crippen molar-refractivity contribution < 1.29 is 5.11 Å². The van der Waals surface area contributed by atoms with Crippen LogP contribution in [-0.4, -0.2) is 35.2 Å². The van der Waals surface area contributed by atoms with Crippen molar-refractivity contribution in [3.8, 4) is 0 Å². The maximum absolute atomic E-state index is 9.23. The number of aliphatic hydroxyl groups excluding tert-OH is 1. The van der Waals surface area contributed by atoms with Gasteiger partial charge in [0, 0.05) is 37.5 Å². The van der Waals surface area contributed by atoms with Crippen molar-refractivity contribution in [2.45, 2.75) is 19.4 Å². The molecule has 1 fully saturated rings. The van der Waals surface area contributed by atoms with Gasteiger partial charge in [0.1, 0.15) is 0 Å². The number of nitrogens with zero attached hydrogens (tertiary/aromatic N) is 2. The van der Waals surface area contributed by atoms with Crippen molar-refractivity contribution in [2.75, 3.05) is 20.2 Å². The number of aliphatic hydroxyl groups is 1. The Labute approximate surface area is 90.8 Å². The van der Waals surface area contributed by atoms with Gasteiger partial charge in [-0.25, -0.2) is 0 Å². The Hall–Kier alpha value is -0.930. The number of aromatic nitrogens is 1. The van der Waals surface area contributed by atoms with Gasteiger partial charge in [0.25, 0.3) is 0 Å². The van der Waals surface area contributed by atoms with Crippen LogP contribution in [0.4, 0.5) is 0 Å². The van der Waals surface area contributed by atoms with E-state index in [0.717, 1.165) is 13.1 Å². The molecule has 0 spiro atoms. The van der Waals surface area contributed by atoms with Crippen molar-refractivity contribution in [3.63, 3.8) is 0 Å². The summed E-state index contributed by atoms with van der Waals surface area (Å²) in [4.78, 5) is 6.27. The highest BCUT2D eigenvalue weighted by molar-refractivity contribution is 5.09. The first-order valence-corrected chi connectivity index (χ1v) is 5.42. The average Bonchev–Trinajstić information content (AvgIpc) is 3.00. The topological polar surface area (TPSA) is 36.4 Å². The molecule has 0 saturated heterocycles. The minimum absolute atomic E-state index is 0.210. The van der Waals surface area contributed by atoms with Gasteiger partial charge in [-0.15, -0.1) is 0 Å². The first-order chi connectivity index (χ1) is 7.24. The molecule has 0 amide bonds. The van der Waals surface area contributed by atoms with Crippen LogP contribution in [0.25, 0.3) is 0 Å². The van der Waals surface area contributed by atoms with Crippen molar-refractivity contribution in [1.82, 2.24) is 9.88 Å². The molecular weight excluding hydrogens is 188 g/mol. The highest BCUT2D eigenvalue weighted by atomic mass is 16.3. The molecule has 3 nitrogen and oxygen atoms in total.